The summed E-state index contributed by atoms with van der Waals surface area (Å²) in [5.41, 5.74) is 2.40. The number of hydrogen-bond donors (Lipinski definition) is 1. The number of nitrogens with zero attached hydrogens (tertiary/aromatic N) is 3. The summed E-state index contributed by atoms with van der Waals surface area (Å²) in [6.45, 7) is 3.30. The summed E-state index contributed by atoms with van der Waals surface area (Å²) >= 11 is 1.22. The topological polar surface area (TPSA) is 76.9 Å². The van der Waals surface area contributed by atoms with Crippen LogP contribution in [0, 0.1) is 6.92 Å². The first-order chi connectivity index (χ1) is 6.59. The molecule has 1 aliphatic heterocycles. The predicted molar refractivity (Wildman–Crippen MR) is 50.7 cm³/mol. The van der Waals surface area contributed by atoms with E-state index in [9.17, 15) is 9.59 Å². The first-order valence-corrected chi connectivity index (χ1v) is 4.91. The van der Waals surface area contributed by atoms with Crippen molar-refractivity contribution in [3.8, 4) is 0 Å². The molecule has 0 fully saturated rings. The molecule has 0 saturated heterocycles. The van der Waals surface area contributed by atoms with E-state index in [1.165, 1.54) is 11.8 Å². The van der Waals surface area contributed by atoms with Crippen LogP contribution in [0.2, 0.25) is 0 Å². The molecular formula is C7H8N4O2S. The fourth-order valence-corrected chi connectivity index (χ4v) is 1.84. The molecule has 0 spiro atoms. The van der Waals surface area contributed by atoms with Gasteiger partial charge in [-0.1, -0.05) is 11.8 Å². The largest absolute Gasteiger partial charge is 0.294 e. The van der Waals surface area contributed by atoms with Gasteiger partial charge in [-0.15, -0.1) is 10.2 Å². The zero-order chi connectivity index (χ0) is 10.3. The van der Waals surface area contributed by atoms with Gasteiger partial charge in [0, 0.05) is 0 Å². The van der Waals surface area contributed by atoms with E-state index < -0.39 is 0 Å². The summed E-state index contributed by atoms with van der Waals surface area (Å²) in [5, 5.41) is 7.70. The van der Waals surface area contributed by atoms with Gasteiger partial charge >= 0.3 is 0 Å². The minimum atomic E-state index is -0.331. The molecule has 1 aliphatic rings. The molecule has 14 heavy (non-hydrogen) atoms. The molecule has 1 amide bonds. The smallest absolute Gasteiger partial charge is 0.272 e. The zero-order valence-corrected chi connectivity index (χ0v) is 8.46. The van der Waals surface area contributed by atoms with E-state index in [1.54, 1.807) is 13.8 Å². The highest BCUT2D eigenvalue weighted by Crippen LogP contribution is 2.22. The van der Waals surface area contributed by atoms with Crippen LogP contribution in [0.4, 0.5) is 0 Å². The van der Waals surface area contributed by atoms with Crippen molar-refractivity contribution in [3.63, 3.8) is 0 Å². The molecule has 0 aliphatic carbocycles. The molecule has 0 aromatic carbocycles. The Morgan fingerprint density at radius 2 is 2.14 bits per heavy atom. The van der Waals surface area contributed by atoms with Crippen molar-refractivity contribution in [3.05, 3.63) is 16.0 Å². The first kappa shape index (κ1) is 9.20. The SMILES string of the molecule is Cc1nnc2n(c1=O)NC(=O)C(C)S2. The standard InChI is InChI=1S/C7H8N4O2S/c1-3-6(13)11-7(9-8-3)14-4(2)5(12)10-11/h4H,1-2H3,(H,10,12). The molecule has 74 valence electrons. The average molecular weight is 212 g/mol. The molecule has 2 rings (SSSR count). The molecule has 6 nitrogen and oxygen atoms in total. The third-order valence-corrected chi connectivity index (χ3v) is 2.91. The Morgan fingerprint density at radius 3 is 2.86 bits per heavy atom. The van der Waals surface area contributed by atoms with Gasteiger partial charge in [-0.05, 0) is 13.8 Å². The molecule has 1 aromatic heterocycles. The van der Waals surface area contributed by atoms with Gasteiger partial charge in [0.15, 0.2) is 0 Å². The molecule has 7 heteroatoms. The number of amides is 1. The van der Waals surface area contributed by atoms with E-state index in [-0.39, 0.29) is 22.4 Å². The molecule has 1 atom stereocenters. The summed E-state index contributed by atoms with van der Waals surface area (Å²) in [6, 6.07) is 0. The maximum Gasteiger partial charge on any atom is 0.294 e. The maximum absolute atomic E-state index is 11.5. The van der Waals surface area contributed by atoms with Gasteiger partial charge in [-0.25, -0.2) is 0 Å². The Hall–Kier alpha value is -1.37. The van der Waals surface area contributed by atoms with E-state index in [0.29, 0.717) is 5.16 Å². The molecule has 2 heterocycles. The number of thioether (sulfide) groups is 1. The second-order valence-electron chi connectivity index (χ2n) is 2.94. The van der Waals surface area contributed by atoms with Crippen LogP contribution in [-0.4, -0.2) is 26.0 Å². The van der Waals surface area contributed by atoms with Crippen molar-refractivity contribution in [1.29, 1.82) is 0 Å². The second kappa shape index (κ2) is 3.09. The lowest BCUT2D eigenvalue weighted by Gasteiger charge is -2.20. The lowest BCUT2D eigenvalue weighted by Crippen LogP contribution is -2.43. The molecule has 0 saturated carbocycles. The van der Waals surface area contributed by atoms with Crippen LogP contribution < -0.4 is 11.0 Å². The molecule has 0 bridgehead atoms. The van der Waals surface area contributed by atoms with E-state index in [0.717, 1.165) is 4.68 Å². The minimum Gasteiger partial charge on any atom is -0.272 e. The van der Waals surface area contributed by atoms with Crippen LogP contribution in [0.5, 0.6) is 0 Å². The molecular weight excluding hydrogens is 204 g/mol. The Kier molecular flexibility index (Phi) is 2.03. The Labute approximate surface area is 83.7 Å². The van der Waals surface area contributed by atoms with E-state index in [4.69, 9.17) is 0 Å². The number of rotatable bonds is 0. The van der Waals surface area contributed by atoms with Crippen LogP contribution in [-0.2, 0) is 4.79 Å². The first-order valence-electron chi connectivity index (χ1n) is 4.03. The van der Waals surface area contributed by atoms with Crippen molar-refractivity contribution in [2.24, 2.45) is 0 Å². The van der Waals surface area contributed by atoms with Gasteiger partial charge in [0.2, 0.25) is 5.16 Å². The van der Waals surface area contributed by atoms with E-state index >= 15 is 0 Å². The van der Waals surface area contributed by atoms with Crippen LogP contribution in [0.1, 0.15) is 12.6 Å². The van der Waals surface area contributed by atoms with Crippen molar-refractivity contribution < 1.29 is 4.79 Å². The normalized spacial score (nSPS) is 20.1. The van der Waals surface area contributed by atoms with Crippen molar-refractivity contribution in [2.45, 2.75) is 24.3 Å². The Morgan fingerprint density at radius 1 is 1.43 bits per heavy atom. The summed E-state index contributed by atoms with van der Waals surface area (Å²) in [7, 11) is 0. The Bertz CT molecular complexity index is 455. The van der Waals surface area contributed by atoms with Gasteiger partial charge in [0.05, 0.1) is 5.25 Å². The highest BCUT2D eigenvalue weighted by Gasteiger charge is 2.25. The fourth-order valence-electron chi connectivity index (χ4n) is 1.04. The van der Waals surface area contributed by atoms with Crippen LogP contribution in [0.25, 0.3) is 0 Å². The van der Waals surface area contributed by atoms with E-state index in [2.05, 4.69) is 15.6 Å². The van der Waals surface area contributed by atoms with Gasteiger partial charge in [0.1, 0.15) is 5.69 Å². The molecule has 1 N–H and O–H groups in total. The average Bonchev–Trinajstić information content (AvgIpc) is 2.15. The van der Waals surface area contributed by atoms with Crippen molar-refractivity contribution in [2.75, 3.05) is 5.43 Å². The minimum absolute atomic E-state index is 0.197. The van der Waals surface area contributed by atoms with Crippen LogP contribution in [0.3, 0.4) is 0 Å². The zero-order valence-electron chi connectivity index (χ0n) is 7.64. The van der Waals surface area contributed by atoms with Gasteiger partial charge in [-0.2, -0.15) is 4.68 Å². The summed E-state index contributed by atoms with van der Waals surface area (Å²) in [4.78, 5) is 22.8. The molecule has 1 aromatic rings. The predicted octanol–water partition coefficient (Wildman–Crippen LogP) is -0.489. The van der Waals surface area contributed by atoms with Crippen molar-refractivity contribution >= 4 is 17.7 Å². The third kappa shape index (κ3) is 1.29. The summed E-state index contributed by atoms with van der Waals surface area (Å²) in [6.07, 6.45) is 0. The number of carbonyl (C=O) groups is 1. The molecule has 0 radical (unpaired) electrons. The number of aromatic nitrogens is 3. The molecule has 1 unspecified atom stereocenters. The summed E-state index contributed by atoms with van der Waals surface area (Å²) < 4.78 is 1.13. The van der Waals surface area contributed by atoms with Crippen LogP contribution >= 0.6 is 11.8 Å². The van der Waals surface area contributed by atoms with Gasteiger partial charge < -0.3 is 0 Å². The number of nitrogens with one attached hydrogen (secondary N) is 1. The number of aryl methyl sites for hydroxylation is 1. The van der Waals surface area contributed by atoms with Gasteiger partial charge in [0.25, 0.3) is 11.5 Å². The fraction of sp³-hybridized carbons (Fsp3) is 0.429. The second-order valence-corrected chi connectivity index (χ2v) is 4.25. The third-order valence-electron chi connectivity index (χ3n) is 1.86. The van der Waals surface area contributed by atoms with Gasteiger partial charge in [-0.3, -0.25) is 15.0 Å². The maximum atomic E-state index is 11.5. The highest BCUT2D eigenvalue weighted by molar-refractivity contribution is 8.00. The monoisotopic (exact) mass is 212 g/mol. The lowest BCUT2D eigenvalue weighted by atomic mass is 10.4. The number of hydrogen-bond acceptors (Lipinski definition) is 5. The van der Waals surface area contributed by atoms with Crippen molar-refractivity contribution in [1.82, 2.24) is 14.9 Å². The lowest BCUT2D eigenvalue weighted by molar-refractivity contribution is -0.116. The number of fused-ring (bicyclic) bond motifs is 1. The number of carbonyl (C=O) groups excluding carboxylic acids is 1. The van der Waals surface area contributed by atoms with E-state index in [1.807, 2.05) is 0 Å². The quantitative estimate of drug-likeness (QED) is 0.628. The highest BCUT2D eigenvalue weighted by atomic mass is 32.2. The Balaban J connectivity index is 2.58. The summed E-state index contributed by atoms with van der Waals surface area (Å²) in [5.74, 6) is -0.197. The van der Waals surface area contributed by atoms with Crippen LogP contribution in [0.15, 0.2) is 9.95 Å².